The van der Waals surface area contributed by atoms with E-state index in [9.17, 15) is 9.59 Å². The van der Waals surface area contributed by atoms with E-state index in [0.29, 0.717) is 17.9 Å². The summed E-state index contributed by atoms with van der Waals surface area (Å²) in [7, 11) is 1.50. The summed E-state index contributed by atoms with van der Waals surface area (Å²) >= 11 is 0. The van der Waals surface area contributed by atoms with Crippen LogP contribution >= 0.6 is 0 Å². The molecule has 0 heterocycles. The molecule has 3 aromatic rings. The Morgan fingerprint density at radius 3 is 2.17 bits per heavy atom. The van der Waals surface area contributed by atoms with Crippen molar-refractivity contribution in [3.8, 4) is 5.75 Å². The Morgan fingerprint density at radius 2 is 1.48 bits per heavy atom. The number of hydrogen-bond acceptors (Lipinski definition) is 3. The van der Waals surface area contributed by atoms with Crippen molar-refractivity contribution in [1.82, 2.24) is 10.6 Å². The van der Waals surface area contributed by atoms with Crippen LogP contribution in [0.3, 0.4) is 0 Å². The predicted molar refractivity (Wildman–Crippen MR) is 113 cm³/mol. The first-order valence-corrected chi connectivity index (χ1v) is 9.20. The highest BCUT2D eigenvalue weighted by Gasteiger charge is 2.17. The van der Waals surface area contributed by atoms with Crippen LogP contribution in [0.25, 0.3) is 6.08 Å². The molecule has 2 amide bonds. The Bertz CT molecular complexity index is 999. The second-order valence-corrected chi connectivity index (χ2v) is 6.29. The maximum Gasteiger partial charge on any atom is 0.268 e. The van der Waals surface area contributed by atoms with Gasteiger partial charge in [0.05, 0.1) is 12.7 Å². The van der Waals surface area contributed by atoms with Crippen molar-refractivity contribution in [2.24, 2.45) is 0 Å². The number of carbonyl (C=O) groups is 2. The summed E-state index contributed by atoms with van der Waals surface area (Å²) in [6.07, 6.45) is 1.65. The number of benzene rings is 3. The molecule has 0 aliphatic heterocycles. The second kappa shape index (κ2) is 9.90. The van der Waals surface area contributed by atoms with E-state index in [1.54, 1.807) is 30.3 Å². The SMILES string of the molecule is COc1ccccc1C(=O)N/C(=C/c1ccccc1)C(=O)NCc1ccccc1. The molecule has 0 spiro atoms. The van der Waals surface area contributed by atoms with Gasteiger partial charge in [-0.2, -0.15) is 0 Å². The molecule has 0 unspecified atom stereocenters. The van der Waals surface area contributed by atoms with Gasteiger partial charge in [0.2, 0.25) is 0 Å². The minimum absolute atomic E-state index is 0.156. The first kappa shape index (κ1) is 19.9. The molecular weight excluding hydrogens is 364 g/mol. The molecule has 0 aromatic heterocycles. The lowest BCUT2D eigenvalue weighted by Crippen LogP contribution is -2.34. The van der Waals surface area contributed by atoms with Crippen LogP contribution in [0.1, 0.15) is 21.5 Å². The van der Waals surface area contributed by atoms with Crippen molar-refractivity contribution < 1.29 is 14.3 Å². The maximum atomic E-state index is 12.8. The Morgan fingerprint density at radius 1 is 0.862 bits per heavy atom. The fraction of sp³-hybridized carbons (Fsp3) is 0.0833. The lowest BCUT2D eigenvalue weighted by Gasteiger charge is -2.13. The van der Waals surface area contributed by atoms with Gasteiger partial charge in [-0.05, 0) is 29.3 Å². The monoisotopic (exact) mass is 386 g/mol. The number of amides is 2. The fourth-order valence-corrected chi connectivity index (χ4v) is 2.77. The third-order valence-corrected chi connectivity index (χ3v) is 4.25. The zero-order chi connectivity index (χ0) is 20.5. The average molecular weight is 386 g/mol. The summed E-state index contributed by atoms with van der Waals surface area (Å²) in [4.78, 5) is 25.6. The summed E-state index contributed by atoms with van der Waals surface area (Å²) < 4.78 is 5.25. The van der Waals surface area contributed by atoms with Crippen molar-refractivity contribution in [3.63, 3.8) is 0 Å². The van der Waals surface area contributed by atoms with E-state index in [0.717, 1.165) is 11.1 Å². The third-order valence-electron chi connectivity index (χ3n) is 4.25. The van der Waals surface area contributed by atoms with Gasteiger partial charge in [-0.1, -0.05) is 72.8 Å². The van der Waals surface area contributed by atoms with E-state index in [-0.39, 0.29) is 11.6 Å². The Kier molecular flexibility index (Phi) is 6.79. The summed E-state index contributed by atoms with van der Waals surface area (Å²) in [5, 5.41) is 5.57. The molecule has 0 atom stereocenters. The van der Waals surface area contributed by atoms with E-state index in [1.165, 1.54) is 7.11 Å². The quantitative estimate of drug-likeness (QED) is 0.607. The maximum absolute atomic E-state index is 12.8. The zero-order valence-electron chi connectivity index (χ0n) is 16.1. The number of carbonyl (C=O) groups excluding carboxylic acids is 2. The molecular formula is C24H22N2O3. The molecule has 0 aliphatic carbocycles. The first-order chi connectivity index (χ1) is 14.2. The zero-order valence-corrected chi connectivity index (χ0v) is 16.1. The van der Waals surface area contributed by atoms with Gasteiger partial charge in [-0.25, -0.2) is 0 Å². The normalized spacial score (nSPS) is 10.9. The van der Waals surface area contributed by atoms with Crippen molar-refractivity contribution in [3.05, 3.63) is 107 Å². The molecule has 5 heteroatoms. The van der Waals surface area contributed by atoms with Gasteiger partial charge in [0.25, 0.3) is 11.8 Å². The van der Waals surface area contributed by atoms with E-state index in [4.69, 9.17) is 4.74 Å². The van der Waals surface area contributed by atoms with E-state index < -0.39 is 5.91 Å². The van der Waals surface area contributed by atoms with Crippen LogP contribution in [0.4, 0.5) is 0 Å². The number of hydrogen-bond donors (Lipinski definition) is 2. The topological polar surface area (TPSA) is 67.4 Å². The summed E-state index contributed by atoms with van der Waals surface area (Å²) in [5.74, 6) is -0.353. The van der Waals surface area contributed by atoms with Crippen LogP contribution < -0.4 is 15.4 Å². The van der Waals surface area contributed by atoms with Crippen LogP contribution in [-0.4, -0.2) is 18.9 Å². The molecule has 0 radical (unpaired) electrons. The average Bonchev–Trinajstić information content (AvgIpc) is 2.78. The molecule has 0 saturated carbocycles. The van der Waals surface area contributed by atoms with Crippen LogP contribution in [0.5, 0.6) is 5.75 Å². The number of para-hydroxylation sites is 1. The Hall–Kier alpha value is -3.86. The van der Waals surface area contributed by atoms with Gasteiger partial charge in [0, 0.05) is 6.54 Å². The summed E-state index contributed by atoms with van der Waals surface area (Å²) in [6, 6.07) is 25.8. The number of rotatable bonds is 7. The van der Waals surface area contributed by atoms with Gasteiger partial charge < -0.3 is 15.4 Å². The van der Waals surface area contributed by atoms with Crippen LogP contribution in [0.2, 0.25) is 0 Å². The summed E-state index contributed by atoms with van der Waals surface area (Å²) in [5.41, 5.74) is 2.28. The highest BCUT2D eigenvalue weighted by atomic mass is 16.5. The van der Waals surface area contributed by atoms with Gasteiger partial charge in [0.1, 0.15) is 11.4 Å². The van der Waals surface area contributed by atoms with Gasteiger partial charge in [-0.15, -0.1) is 0 Å². The fourth-order valence-electron chi connectivity index (χ4n) is 2.77. The second-order valence-electron chi connectivity index (χ2n) is 6.29. The molecule has 146 valence electrons. The van der Waals surface area contributed by atoms with Gasteiger partial charge >= 0.3 is 0 Å². The van der Waals surface area contributed by atoms with Gasteiger partial charge in [-0.3, -0.25) is 9.59 Å². The van der Waals surface area contributed by atoms with E-state index >= 15 is 0 Å². The molecule has 0 aliphatic rings. The van der Waals surface area contributed by atoms with E-state index in [1.807, 2.05) is 60.7 Å². The van der Waals surface area contributed by atoms with Crippen LogP contribution in [0.15, 0.2) is 90.6 Å². The highest BCUT2D eigenvalue weighted by molar-refractivity contribution is 6.06. The molecule has 3 rings (SSSR count). The standard InChI is InChI=1S/C24H22N2O3/c1-29-22-15-9-8-14-20(22)23(27)26-21(16-18-10-4-2-5-11-18)24(28)25-17-19-12-6-3-7-13-19/h2-16H,17H2,1H3,(H,25,28)(H,26,27)/b21-16+. The minimum atomic E-state index is -0.417. The van der Waals surface area contributed by atoms with Gasteiger partial charge in [0.15, 0.2) is 0 Å². The van der Waals surface area contributed by atoms with Crippen molar-refractivity contribution in [2.75, 3.05) is 7.11 Å². The van der Waals surface area contributed by atoms with Crippen molar-refractivity contribution in [2.45, 2.75) is 6.54 Å². The van der Waals surface area contributed by atoms with Crippen molar-refractivity contribution in [1.29, 1.82) is 0 Å². The lowest BCUT2D eigenvalue weighted by molar-refractivity contribution is -0.117. The number of ether oxygens (including phenoxy) is 1. The van der Waals surface area contributed by atoms with Crippen molar-refractivity contribution >= 4 is 17.9 Å². The molecule has 29 heavy (non-hydrogen) atoms. The van der Waals surface area contributed by atoms with Crippen LogP contribution in [0, 0.1) is 0 Å². The minimum Gasteiger partial charge on any atom is -0.496 e. The lowest BCUT2D eigenvalue weighted by atomic mass is 10.1. The molecule has 0 bridgehead atoms. The molecule has 2 N–H and O–H groups in total. The number of methoxy groups -OCH3 is 1. The molecule has 0 fully saturated rings. The molecule has 5 nitrogen and oxygen atoms in total. The largest absolute Gasteiger partial charge is 0.496 e. The molecule has 0 saturated heterocycles. The smallest absolute Gasteiger partial charge is 0.268 e. The first-order valence-electron chi connectivity index (χ1n) is 9.20. The predicted octanol–water partition coefficient (Wildman–Crippen LogP) is 3.78. The Balaban J connectivity index is 1.82. The third kappa shape index (κ3) is 5.56. The summed E-state index contributed by atoms with van der Waals surface area (Å²) in [6.45, 7) is 0.357. The highest BCUT2D eigenvalue weighted by Crippen LogP contribution is 2.17. The number of nitrogens with one attached hydrogen (secondary N) is 2. The van der Waals surface area contributed by atoms with Crippen LogP contribution in [-0.2, 0) is 11.3 Å². The Labute approximate surface area is 170 Å². The van der Waals surface area contributed by atoms with E-state index in [2.05, 4.69) is 10.6 Å². The molecule has 3 aromatic carbocycles.